The van der Waals surface area contributed by atoms with Crippen molar-refractivity contribution < 1.29 is 9.90 Å². The Balaban J connectivity index is 1.84. The van der Waals surface area contributed by atoms with Crippen molar-refractivity contribution in [3.05, 3.63) is 89.5 Å². The molecule has 0 fully saturated rings. The fourth-order valence-corrected chi connectivity index (χ4v) is 2.70. The van der Waals surface area contributed by atoms with Crippen LogP contribution in [0.15, 0.2) is 72.8 Å². The van der Waals surface area contributed by atoms with Gasteiger partial charge in [0.25, 0.3) is 5.91 Å². The minimum atomic E-state index is -0.177. The van der Waals surface area contributed by atoms with Gasteiger partial charge in [-0.25, -0.2) is 0 Å². The number of nitrogens with two attached hydrogens (primary N) is 1. The first kappa shape index (κ1) is 16.9. The zero-order valence-electron chi connectivity index (χ0n) is 13.8. The Labute approximate surface area is 146 Å². The van der Waals surface area contributed by atoms with Gasteiger partial charge in [-0.05, 0) is 46.5 Å². The van der Waals surface area contributed by atoms with Gasteiger partial charge in [-0.15, -0.1) is 0 Å². The minimum Gasteiger partial charge on any atom is -0.392 e. The maximum absolute atomic E-state index is 12.5. The van der Waals surface area contributed by atoms with Gasteiger partial charge in [0.2, 0.25) is 0 Å². The Morgan fingerprint density at radius 1 is 0.960 bits per heavy atom. The molecule has 1 amide bonds. The van der Waals surface area contributed by atoms with E-state index in [-0.39, 0.29) is 12.5 Å². The van der Waals surface area contributed by atoms with E-state index in [1.165, 1.54) is 0 Å². The van der Waals surface area contributed by atoms with Gasteiger partial charge in [-0.3, -0.25) is 4.79 Å². The molecule has 25 heavy (non-hydrogen) atoms. The van der Waals surface area contributed by atoms with E-state index < -0.39 is 0 Å². The Hall–Kier alpha value is -2.95. The number of benzene rings is 3. The van der Waals surface area contributed by atoms with Gasteiger partial charge in [-0.2, -0.15) is 0 Å². The molecular weight excluding hydrogens is 312 g/mol. The van der Waals surface area contributed by atoms with Crippen LogP contribution in [-0.4, -0.2) is 11.0 Å². The van der Waals surface area contributed by atoms with E-state index in [0.717, 1.165) is 27.9 Å². The maximum Gasteiger partial charge on any atom is 0.255 e. The third kappa shape index (κ3) is 3.94. The van der Waals surface area contributed by atoms with Gasteiger partial charge < -0.3 is 16.2 Å². The number of aliphatic hydroxyl groups excluding tert-OH is 1. The number of nitrogens with one attached hydrogen (secondary N) is 1. The summed E-state index contributed by atoms with van der Waals surface area (Å²) < 4.78 is 0. The average molecular weight is 332 g/mol. The Bertz CT molecular complexity index is 873. The second-order valence-corrected chi connectivity index (χ2v) is 5.75. The summed E-state index contributed by atoms with van der Waals surface area (Å²) in [4.78, 5) is 12.5. The lowest BCUT2D eigenvalue weighted by Crippen LogP contribution is -2.12. The molecule has 126 valence electrons. The standard InChI is InChI=1S/C21H20N2O2/c22-13-15-8-10-19(11-9-15)23-21(25)17-6-3-5-16(12-17)20-7-2-1-4-18(20)14-24/h1-12,24H,13-14,22H2,(H,23,25). The molecule has 3 aromatic rings. The number of aliphatic hydroxyl groups is 1. The van der Waals surface area contributed by atoms with E-state index in [1.54, 1.807) is 6.07 Å². The summed E-state index contributed by atoms with van der Waals surface area (Å²) in [6.45, 7) is 0.431. The van der Waals surface area contributed by atoms with E-state index in [0.29, 0.717) is 12.1 Å². The molecule has 0 saturated carbocycles. The quantitative estimate of drug-likeness (QED) is 0.669. The first-order chi connectivity index (χ1) is 12.2. The zero-order chi connectivity index (χ0) is 17.6. The molecule has 0 unspecified atom stereocenters. The summed E-state index contributed by atoms with van der Waals surface area (Å²) in [7, 11) is 0. The molecule has 4 nitrogen and oxygen atoms in total. The smallest absolute Gasteiger partial charge is 0.255 e. The van der Waals surface area contributed by atoms with Gasteiger partial charge >= 0.3 is 0 Å². The number of anilines is 1. The molecule has 0 aliphatic rings. The van der Waals surface area contributed by atoms with Crippen LogP contribution >= 0.6 is 0 Å². The monoisotopic (exact) mass is 332 g/mol. The van der Waals surface area contributed by atoms with Crippen LogP contribution in [0.2, 0.25) is 0 Å². The molecule has 0 spiro atoms. The lowest BCUT2D eigenvalue weighted by Gasteiger charge is -2.10. The molecule has 4 N–H and O–H groups in total. The highest BCUT2D eigenvalue weighted by molar-refractivity contribution is 6.05. The van der Waals surface area contributed by atoms with Crippen molar-refractivity contribution >= 4 is 11.6 Å². The number of hydrogen-bond acceptors (Lipinski definition) is 3. The predicted molar refractivity (Wildman–Crippen MR) is 100 cm³/mol. The van der Waals surface area contributed by atoms with Crippen LogP contribution in [0.3, 0.4) is 0 Å². The first-order valence-electron chi connectivity index (χ1n) is 8.11. The molecule has 0 atom stereocenters. The highest BCUT2D eigenvalue weighted by Gasteiger charge is 2.09. The third-order valence-corrected chi connectivity index (χ3v) is 4.07. The van der Waals surface area contributed by atoms with E-state index in [9.17, 15) is 9.90 Å². The van der Waals surface area contributed by atoms with E-state index >= 15 is 0 Å². The van der Waals surface area contributed by atoms with Crippen LogP contribution < -0.4 is 11.1 Å². The SMILES string of the molecule is NCc1ccc(NC(=O)c2cccc(-c3ccccc3CO)c2)cc1. The van der Waals surface area contributed by atoms with E-state index in [2.05, 4.69) is 5.32 Å². The van der Waals surface area contributed by atoms with Crippen molar-refractivity contribution in [1.82, 2.24) is 0 Å². The predicted octanol–water partition coefficient (Wildman–Crippen LogP) is 3.56. The molecule has 4 heteroatoms. The summed E-state index contributed by atoms with van der Waals surface area (Å²) in [5.74, 6) is -0.177. The molecule has 0 aliphatic carbocycles. The molecule has 3 aromatic carbocycles. The van der Waals surface area contributed by atoms with Crippen molar-refractivity contribution in [2.24, 2.45) is 5.73 Å². The molecule has 0 aliphatic heterocycles. The van der Waals surface area contributed by atoms with Crippen molar-refractivity contribution in [3.63, 3.8) is 0 Å². The number of carbonyl (C=O) groups excluding carboxylic acids is 1. The number of amides is 1. The van der Waals surface area contributed by atoms with Crippen LogP contribution in [0.4, 0.5) is 5.69 Å². The minimum absolute atomic E-state index is 0.0416. The highest BCUT2D eigenvalue weighted by Crippen LogP contribution is 2.25. The fraction of sp³-hybridized carbons (Fsp3) is 0.0952. The topological polar surface area (TPSA) is 75.3 Å². The van der Waals surface area contributed by atoms with Crippen LogP contribution in [-0.2, 0) is 13.2 Å². The normalized spacial score (nSPS) is 10.5. The molecule has 0 radical (unpaired) electrons. The van der Waals surface area contributed by atoms with Gasteiger partial charge in [0.1, 0.15) is 0 Å². The van der Waals surface area contributed by atoms with Crippen molar-refractivity contribution in [2.45, 2.75) is 13.2 Å². The molecule has 0 heterocycles. The van der Waals surface area contributed by atoms with Crippen LogP contribution in [0.5, 0.6) is 0 Å². The third-order valence-electron chi connectivity index (χ3n) is 4.07. The average Bonchev–Trinajstić information content (AvgIpc) is 2.68. The lowest BCUT2D eigenvalue weighted by atomic mass is 9.98. The summed E-state index contributed by atoms with van der Waals surface area (Å²) in [5, 5.41) is 12.4. The van der Waals surface area contributed by atoms with Gasteiger partial charge in [0.05, 0.1) is 6.61 Å². The van der Waals surface area contributed by atoms with Crippen molar-refractivity contribution in [1.29, 1.82) is 0 Å². The Morgan fingerprint density at radius 2 is 1.72 bits per heavy atom. The van der Waals surface area contributed by atoms with Crippen LogP contribution in [0, 0.1) is 0 Å². The number of carbonyl (C=O) groups is 1. The van der Waals surface area contributed by atoms with Gasteiger partial charge in [-0.1, -0.05) is 48.5 Å². The lowest BCUT2D eigenvalue weighted by molar-refractivity contribution is 0.102. The van der Waals surface area contributed by atoms with E-state index in [4.69, 9.17) is 5.73 Å². The molecular formula is C21H20N2O2. The van der Waals surface area contributed by atoms with Gasteiger partial charge in [0, 0.05) is 17.8 Å². The second-order valence-electron chi connectivity index (χ2n) is 5.75. The molecule has 0 saturated heterocycles. The van der Waals surface area contributed by atoms with Crippen LogP contribution in [0.25, 0.3) is 11.1 Å². The Morgan fingerprint density at radius 3 is 2.44 bits per heavy atom. The fourth-order valence-electron chi connectivity index (χ4n) is 2.70. The summed E-state index contributed by atoms with van der Waals surface area (Å²) in [6.07, 6.45) is 0. The molecule has 3 rings (SSSR count). The summed E-state index contributed by atoms with van der Waals surface area (Å²) >= 11 is 0. The summed E-state index contributed by atoms with van der Waals surface area (Å²) in [5.41, 5.74) is 10.5. The van der Waals surface area contributed by atoms with Crippen molar-refractivity contribution in [2.75, 3.05) is 5.32 Å². The van der Waals surface area contributed by atoms with E-state index in [1.807, 2.05) is 66.7 Å². The van der Waals surface area contributed by atoms with Crippen LogP contribution in [0.1, 0.15) is 21.5 Å². The summed E-state index contributed by atoms with van der Waals surface area (Å²) in [6, 6.07) is 22.5. The number of hydrogen-bond donors (Lipinski definition) is 3. The zero-order valence-corrected chi connectivity index (χ0v) is 13.8. The van der Waals surface area contributed by atoms with Crippen molar-refractivity contribution in [3.8, 4) is 11.1 Å². The Kier molecular flexibility index (Phi) is 5.23. The molecule has 0 aromatic heterocycles. The maximum atomic E-state index is 12.5. The first-order valence-corrected chi connectivity index (χ1v) is 8.11. The number of rotatable bonds is 5. The second kappa shape index (κ2) is 7.75. The van der Waals surface area contributed by atoms with Gasteiger partial charge in [0.15, 0.2) is 0 Å². The molecule has 0 bridgehead atoms. The largest absolute Gasteiger partial charge is 0.392 e. The highest BCUT2D eigenvalue weighted by atomic mass is 16.3.